The summed E-state index contributed by atoms with van der Waals surface area (Å²) in [6.07, 6.45) is 0. The van der Waals surface area contributed by atoms with Gasteiger partial charge in [0.15, 0.2) is 12.4 Å². The molecular weight excluding hydrogens is 313 g/mol. The first-order valence-corrected chi connectivity index (χ1v) is 6.87. The maximum absolute atomic E-state index is 12.5. The predicted octanol–water partition coefficient (Wildman–Crippen LogP) is 3.56. The number of rotatable bonds is 2. The molecule has 0 aromatic heterocycles. The molecule has 0 aliphatic carbocycles. The first kappa shape index (κ1) is 13.9. The molecule has 0 atom stereocenters. The van der Waals surface area contributed by atoms with E-state index in [1.807, 2.05) is 0 Å². The number of ketones is 1. The van der Waals surface area contributed by atoms with Crippen LogP contribution in [0.1, 0.15) is 15.9 Å². The van der Waals surface area contributed by atoms with Crippen molar-refractivity contribution in [1.82, 2.24) is 0 Å². The zero-order chi connectivity index (χ0) is 15.0. The highest BCUT2D eigenvalue weighted by molar-refractivity contribution is 6.41. The molecule has 2 aromatic carbocycles. The normalized spacial score (nSPS) is 13.1. The average molecular weight is 322 g/mol. The number of hydrogen-bond acceptors (Lipinski definition) is 3. The van der Waals surface area contributed by atoms with Crippen molar-refractivity contribution in [2.75, 3.05) is 11.9 Å². The fourth-order valence-corrected chi connectivity index (χ4v) is 2.65. The Hall–Kier alpha value is -2.04. The Bertz CT molecular complexity index is 738. The van der Waals surface area contributed by atoms with Crippen LogP contribution in [0.5, 0.6) is 5.75 Å². The Morgan fingerprint density at radius 3 is 2.57 bits per heavy atom. The average Bonchev–Trinajstić information content (AvgIpc) is 2.46. The van der Waals surface area contributed by atoms with E-state index in [4.69, 9.17) is 27.9 Å². The third-order valence-electron chi connectivity index (χ3n) is 3.06. The van der Waals surface area contributed by atoms with Gasteiger partial charge in [-0.2, -0.15) is 0 Å². The Morgan fingerprint density at radius 1 is 1.14 bits per heavy atom. The van der Waals surface area contributed by atoms with Crippen LogP contribution in [0.25, 0.3) is 0 Å². The summed E-state index contributed by atoms with van der Waals surface area (Å²) in [5.74, 6) is -0.0486. The molecule has 0 bridgehead atoms. The van der Waals surface area contributed by atoms with Crippen molar-refractivity contribution in [3.05, 3.63) is 57.6 Å². The number of carbonyl (C=O) groups is 2. The van der Waals surface area contributed by atoms with Crippen molar-refractivity contribution in [2.45, 2.75) is 0 Å². The maximum Gasteiger partial charge on any atom is 0.262 e. The predicted molar refractivity (Wildman–Crippen MR) is 80.5 cm³/mol. The monoisotopic (exact) mass is 321 g/mol. The molecule has 1 N–H and O–H groups in total. The highest BCUT2D eigenvalue weighted by atomic mass is 35.5. The molecule has 1 amide bonds. The molecule has 0 radical (unpaired) electrons. The van der Waals surface area contributed by atoms with E-state index in [-0.39, 0.29) is 33.9 Å². The van der Waals surface area contributed by atoms with Crippen LogP contribution in [0, 0.1) is 0 Å². The molecule has 2 aromatic rings. The van der Waals surface area contributed by atoms with Crippen LogP contribution in [-0.4, -0.2) is 18.3 Å². The SMILES string of the molecule is O=C1COc2ccc(C(=O)c3c(Cl)cccc3Cl)cc2N1. The molecule has 106 valence electrons. The molecule has 0 fully saturated rings. The summed E-state index contributed by atoms with van der Waals surface area (Å²) in [4.78, 5) is 23.9. The van der Waals surface area contributed by atoms with Gasteiger partial charge in [0.1, 0.15) is 5.75 Å². The molecule has 21 heavy (non-hydrogen) atoms. The van der Waals surface area contributed by atoms with E-state index < -0.39 is 0 Å². The number of nitrogens with one attached hydrogen (secondary N) is 1. The van der Waals surface area contributed by atoms with Crippen LogP contribution >= 0.6 is 23.2 Å². The van der Waals surface area contributed by atoms with Gasteiger partial charge in [-0.1, -0.05) is 29.3 Å². The quantitative estimate of drug-likeness (QED) is 0.860. The molecule has 6 heteroatoms. The van der Waals surface area contributed by atoms with Crippen LogP contribution in [0.2, 0.25) is 10.0 Å². The summed E-state index contributed by atoms with van der Waals surface area (Å²) in [6.45, 7) is -0.0311. The number of carbonyl (C=O) groups excluding carboxylic acids is 2. The fourth-order valence-electron chi connectivity index (χ4n) is 2.08. The van der Waals surface area contributed by atoms with Crippen LogP contribution in [0.3, 0.4) is 0 Å². The van der Waals surface area contributed by atoms with Gasteiger partial charge in [0.25, 0.3) is 5.91 Å². The molecule has 0 saturated carbocycles. The lowest BCUT2D eigenvalue weighted by molar-refractivity contribution is -0.118. The van der Waals surface area contributed by atoms with Crippen molar-refractivity contribution in [2.24, 2.45) is 0 Å². The number of halogens is 2. The zero-order valence-corrected chi connectivity index (χ0v) is 12.2. The van der Waals surface area contributed by atoms with Crippen molar-refractivity contribution in [3.8, 4) is 5.75 Å². The zero-order valence-electron chi connectivity index (χ0n) is 10.7. The number of amides is 1. The number of ether oxygens (including phenoxy) is 1. The highest BCUT2D eigenvalue weighted by Crippen LogP contribution is 2.32. The first-order valence-electron chi connectivity index (χ1n) is 6.11. The fraction of sp³-hybridized carbons (Fsp3) is 0.0667. The molecular formula is C15H9Cl2NO3. The van der Waals surface area contributed by atoms with E-state index in [1.165, 1.54) is 0 Å². The Morgan fingerprint density at radius 2 is 1.86 bits per heavy atom. The second-order valence-corrected chi connectivity index (χ2v) is 5.29. The van der Waals surface area contributed by atoms with Crippen molar-refractivity contribution in [1.29, 1.82) is 0 Å². The van der Waals surface area contributed by atoms with Crippen LogP contribution in [-0.2, 0) is 4.79 Å². The third-order valence-corrected chi connectivity index (χ3v) is 3.69. The lowest BCUT2D eigenvalue weighted by Gasteiger charge is -2.18. The minimum absolute atomic E-state index is 0.0311. The van der Waals surface area contributed by atoms with Gasteiger partial charge in [-0.3, -0.25) is 9.59 Å². The summed E-state index contributed by atoms with van der Waals surface area (Å²) < 4.78 is 5.25. The second-order valence-electron chi connectivity index (χ2n) is 4.47. The van der Waals surface area contributed by atoms with E-state index in [9.17, 15) is 9.59 Å². The Kier molecular flexibility index (Phi) is 3.57. The number of hydrogen-bond donors (Lipinski definition) is 1. The first-order chi connectivity index (χ1) is 10.1. The van der Waals surface area contributed by atoms with E-state index in [0.29, 0.717) is 17.0 Å². The molecule has 0 saturated heterocycles. The van der Waals surface area contributed by atoms with Crippen LogP contribution in [0.15, 0.2) is 36.4 Å². The summed E-state index contributed by atoms with van der Waals surface area (Å²) in [6, 6.07) is 9.66. The topological polar surface area (TPSA) is 55.4 Å². The van der Waals surface area contributed by atoms with Gasteiger partial charge in [0.05, 0.1) is 21.3 Å². The molecule has 1 aliphatic heterocycles. The van der Waals surface area contributed by atoms with E-state index in [0.717, 1.165) is 0 Å². The van der Waals surface area contributed by atoms with Gasteiger partial charge in [0, 0.05) is 5.56 Å². The Balaban J connectivity index is 2.03. The van der Waals surface area contributed by atoms with E-state index >= 15 is 0 Å². The maximum atomic E-state index is 12.5. The molecule has 1 aliphatic rings. The summed E-state index contributed by atoms with van der Waals surface area (Å²) >= 11 is 12.1. The van der Waals surface area contributed by atoms with Gasteiger partial charge in [-0.15, -0.1) is 0 Å². The summed E-state index contributed by atoms with van der Waals surface area (Å²) in [5, 5.41) is 3.22. The van der Waals surface area contributed by atoms with Gasteiger partial charge in [-0.25, -0.2) is 0 Å². The lowest BCUT2D eigenvalue weighted by atomic mass is 10.0. The van der Waals surface area contributed by atoms with Crippen molar-refractivity contribution < 1.29 is 14.3 Å². The minimum atomic E-state index is -0.312. The molecule has 4 nitrogen and oxygen atoms in total. The standard InChI is InChI=1S/C15H9Cl2NO3/c16-9-2-1-3-10(17)14(9)15(20)8-4-5-12-11(6-8)18-13(19)7-21-12/h1-6H,7H2,(H,18,19). The van der Waals surface area contributed by atoms with Gasteiger partial charge >= 0.3 is 0 Å². The van der Waals surface area contributed by atoms with E-state index in [2.05, 4.69) is 5.32 Å². The third kappa shape index (κ3) is 2.60. The molecule has 0 unspecified atom stereocenters. The van der Waals surface area contributed by atoms with Crippen LogP contribution in [0.4, 0.5) is 5.69 Å². The molecule has 0 spiro atoms. The van der Waals surface area contributed by atoms with E-state index in [1.54, 1.807) is 36.4 Å². The van der Waals surface area contributed by atoms with Crippen molar-refractivity contribution in [3.63, 3.8) is 0 Å². The molecule has 3 rings (SSSR count). The minimum Gasteiger partial charge on any atom is -0.482 e. The summed E-state index contributed by atoms with van der Waals surface area (Å²) in [7, 11) is 0. The Labute approximate surface area is 130 Å². The number of anilines is 1. The van der Waals surface area contributed by atoms with Crippen molar-refractivity contribution >= 4 is 40.6 Å². The van der Waals surface area contributed by atoms with Gasteiger partial charge in [0.2, 0.25) is 0 Å². The number of fused-ring (bicyclic) bond motifs is 1. The lowest BCUT2D eigenvalue weighted by Crippen LogP contribution is -2.25. The van der Waals surface area contributed by atoms with Gasteiger partial charge in [-0.05, 0) is 30.3 Å². The summed E-state index contributed by atoms with van der Waals surface area (Å²) in [5.41, 5.74) is 1.07. The van der Waals surface area contributed by atoms with Crippen LogP contribution < -0.4 is 10.1 Å². The number of benzene rings is 2. The second kappa shape index (κ2) is 5.39. The largest absolute Gasteiger partial charge is 0.482 e. The van der Waals surface area contributed by atoms with Gasteiger partial charge < -0.3 is 10.1 Å². The smallest absolute Gasteiger partial charge is 0.262 e. The highest BCUT2D eigenvalue weighted by Gasteiger charge is 2.21. The molecule has 1 heterocycles.